The lowest BCUT2D eigenvalue weighted by Gasteiger charge is -2.15. The third-order valence-corrected chi connectivity index (χ3v) is 4.15. The molecule has 0 aliphatic rings. The second-order valence-corrected chi connectivity index (χ2v) is 5.89. The van der Waals surface area contributed by atoms with Gasteiger partial charge in [0, 0.05) is 29.8 Å². The largest absolute Gasteiger partial charge is 0.378 e. The Balaban J connectivity index is 2.26. The fraction of sp³-hybridized carbons (Fsp3) is 0.235. The van der Waals surface area contributed by atoms with Crippen molar-refractivity contribution in [2.24, 2.45) is 0 Å². The number of halogens is 2. The van der Waals surface area contributed by atoms with Crippen molar-refractivity contribution in [3.05, 3.63) is 63.6 Å². The molecule has 0 amide bonds. The van der Waals surface area contributed by atoms with Gasteiger partial charge in [-0.25, -0.2) is 0 Å². The van der Waals surface area contributed by atoms with E-state index in [0.717, 1.165) is 16.8 Å². The van der Waals surface area contributed by atoms with Crippen molar-refractivity contribution in [3.8, 4) is 6.07 Å². The summed E-state index contributed by atoms with van der Waals surface area (Å²) in [4.78, 5) is 2.02. The molecule has 0 bridgehead atoms. The lowest BCUT2D eigenvalue weighted by molar-refractivity contribution is 0.849. The average molecular weight is 319 g/mol. The number of hydrogen-bond acceptors (Lipinski definition) is 2. The summed E-state index contributed by atoms with van der Waals surface area (Å²) in [5.41, 5.74) is 2.90. The minimum atomic E-state index is -0.265. The minimum absolute atomic E-state index is 0.265. The van der Waals surface area contributed by atoms with E-state index in [-0.39, 0.29) is 5.92 Å². The SMILES string of the molecule is CN(C)c1ccc(C(C#N)Cc2c(Cl)cccc2Cl)cc1. The first-order valence-electron chi connectivity index (χ1n) is 6.62. The van der Waals surface area contributed by atoms with Crippen LogP contribution in [0.25, 0.3) is 0 Å². The van der Waals surface area contributed by atoms with E-state index in [1.54, 1.807) is 18.2 Å². The molecule has 0 N–H and O–H groups in total. The smallest absolute Gasteiger partial charge is 0.0754 e. The van der Waals surface area contributed by atoms with Crippen LogP contribution in [0.1, 0.15) is 17.0 Å². The van der Waals surface area contributed by atoms with E-state index in [2.05, 4.69) is 6.07 Å². The summed E-state index contributed by atoms with van der Waals surface area (Å²) in [6.07, 6.45) is 0.510. The maximum Gasteiger partial charge on any atom is 0.0754 e. The Hall–Kier alpha value is -1.69. The van der Waals surface area contributed by atoms with Crippen LogP contribution in [0.15, 0.2) is 42.5 Å². The molecule has 0 radical (unpaired) electrons. The second-order valence-electron chi connectivity index (χ2n) is 5.07. The summed E-state index contributed by atoms with van der Waals surface area (Å²) < 4.78 is 0. The maximum atomic E-state index is 9.45. The molecule has 0 heterocycles. The van der Waals surface area contributed by atoms with Crippen molar-refractivity contribution in [1.29, 1.82) is 5.26 Å². The Morgan fingerprint density at radius 2 is 1.62 bits per heavy atom. The fourth-order valence-corrected chi connectivity index (χ4v) is 2.73. The highest BCUT2D eigenvalue weighted by molar-refractivity contribution is 6.36. The zero-order chi connectivity index (χ0) is 15.4. The number of nitrogens with zero attached hydrogens (tertiary/aromatic N) is 2. The molecule has 1 atom stereocenters. The first kappa shape index (κ1) is 15.7. The van der Waals surface area contributed by atoms with Crippen LogP contribution >= 0.6 is 23.2 Å². The van der Waals surface area contributed by atoms with E-state index in [1.165, 1.54) is 0 Å². The van der Waals surface area contributed by atoms with Crippen molar-refractivity contribution >= 4 is 28.9 Å². The molecule has 0 spiro atoms. The molecular formula is C17H16Cl2N2. The van der Waals surface area contributed by atoms with Crippen LogP contribution in [0.4, 0.5) is 5.69 Å². The second kappa shape index (κ2) is 6.85. The average Bonchev–Trinajstić information content (AvgIpc) is 2.47. The third kappa shape index (κ3) is 3.69. The standard InChI is InChI=1S/C17H16Cl2N2/c1-21(2)14-8-6-12(7-9-14)13(11-20)10-15-16(18)4-3-5-17(15)19/h3-9,13H,10H2,1-2H3. The van der Waals surface area contributed by atoms with Gasteiger partial charge in [-0.3, -0.25) is 0 Å². The maximum absolute atomic E-state index is 9.45. The third-order valence-electron chi connectivity index (χ3n) is 3.44. The zero-order valence-corrected chi connectivity index (χ0v) is 13.5. The Morgan fingerprint density at radius 1 is 1.05 bits per heavy atom. The fourth-order valence-electron chi connectivity index (χ4n) is 2.17. The molecule has 2 aromatic rings. The van der Waals surface area contributed by atoms with Gasteiger partial charge in [-0.1, -0.05) is 41.4 Å². The highest BCUT2D eigenvalue weighted by Crippen LogP contribution is 2.30. The van der Waals surface area contributed by atoms with E-state index in [4.69, 9.17) is 23.2 Å². The van der Waals surface area contributed by atoms with E-state index < -0.39 is 0 Å². The number of nitriles is 1. The van der Waals surface area contributed by atoms with Crippen LogP contribution in [0.3, 0.4) is 0 Å². The Morgan fingerprint density at radius 3 is 2.10 bits per heavy atom. The number of anilines is 1. The van der Waals surface area contributed by atoms with Gasteiger partial charge in [0.05, 0.1) is 12.0 Å². The van der Waals surface area contributed by atoms with E-state index in [1.807, 2.05) is 43.3 Å². The molecule has 108 valence electrons. The van der Waals surface area contributed by atoms with Gasteiger partial charge < -0.3 is 4.90 Å². The van der Waals surface area contributed by atoms with Gasteiger partial charge in [0.25, 0.3) is 0 Å². The molecule has 2 nitrogen and oxygen atoms in total. The van der Waals surface area contributed by atoms with Gasteiger partial charge in [0.1, 0.15) is 0 Å². The summed E-state index contributed by atoms with van der Waals surface area (Å²) in [6, 6.07) is 15.7. The molecule has 0 aliphatic carbocycles. The Labute approximate surface area is 135 Å². The summed E-state index contributed by atoms with van der Waals surface area (Å²) in [7, 11) is 3.97. The van der Waals surface area contributed by atoms with Crippen molar-refractivity contribution in [1.82, 2.24) is 0 Å². The van der Waals surface area contributed by atoms with Crippen LogP contribution in [0, 0.1) is 11.3 Å². The predicted octanol–water partition coefficient (Wildman–Crippen LogP) is 4.91. The molecule has 21 heavy (non-hydrogen) atoms. The molecule has 0 aromatic heterocycles. The van der Waals surface area contributed by atoms with Crippen molar-refractivity contribution < 1.29 is 0 Å². The van der Waals surface area contributed by atoms with Gasteiger partial charge in [-0.15, -0.1) is 0 Å². The van der Waals surface area contributed by atoms with Gasteiger partial charge in [-0.2, -0.15) is 5.26 Å². The highest BCUT2D eigenvalue weighted by atomic mass is 35.5. The monoisotopic (exact) mass is 318 g/mol. The molecule has 2 aromatic carbocycles. The quantitative estimate of drug-likeness (QED) is 0.800. The predicted molar refractivity (Wildman–Crippen MR) is 89.3 cm³/mol. The van der Waals surface area contributed by atoms with Crippen LogP contribution in [-0.4, -0.2) is 14.1 Å². The van der Waals surface area contributed by atoms with E-state index in [0.29, 0.717) is 16.5 Å². The molecular weight excluding hydrogens is 303 g/mol. The molecule has 0 aliphatic heterocycles. The lowest BCUT2D eigenvalue weighted by Crippen LogP contribution is -2.09. The van der Waals surface area contributed by atoms with Crippen molar-refractivity contribution in [2.45, 2.75) is 12.3 Å². The van der Waals surface area contributed by atoms with Crippen molar-refractivity contribution in [2.75, 3.05) is 19.0 Å². The van der Waals surface area contributed by atoms with Crippen LogP contribution in [0.5, 0.6) is 0 Å². The first-order chi connectivity index (χ1) is 10.0. The molecule has 1 unspecified atom stereocenters. The lowest BCUT2D eigenvalue weighted by atomic mass is 9.93. The van der Waals surface area contributed by atoms with E-state index in [9.17, 15) is 5.26 Å². The van der Waals surface area contributed by atoms with Gasteiger partial charge in [0.2, 0.25) is 0 Å². The summed E-state index contributed by atoms with van der Waals surface area (Å²) in [5.74, 6) is -0.265. The number of benzene rings is 2. The molecule has 0 saturated heterocycles. The summed E-state index contributed by atoms with van der Waals surface area (Å²) in [6.45, 7) is 0. The number of hydrogen-bond donors (Lipinski definition) is 0. The Kier molecular flexibility index (Phi) is 5.12. The van der Waals surface area contributed by atoms with Gasteiger partial charge in [-0.05, 0) is 41.8 Å². The summed E-state index contributed by atoms with van der Waals surface area (Å²) in [5, 5.41) is 10.7. The topological polar surface area (TPSA) is 27.0 Å². The molecule has 0 fully saturated rings. The molecule has 0 saturated carbocycles. The van der Waals surface area contributed by atoms with Crippen LogP contribution in [0.2, 0.25) is 10.0 Å². The zero-order valence-electron chi connectivity index (χ0n) is 12.0. The summed E-state index contributed by atoms with van der Waals surface area (Å²) >= 11 is 12.4. The first-order valence-corrected chi connectivity index (χ1v) is 7.38. The van der Waals surface area contributed by atoms with Gasteiger partial charge >= 0.3 is 0 Å². The van der Waals surface area contributed by atoms with Crippen LogP contribution < -0.4 is 4.90 Å². The highest BCUT2D eigenvalue weighted by Gasteiger charge is 2.15. The van der Waals surface area contributed by atoms with Crippen molar-refractivity contribution in [3.63, 3.8) is 0 Å². The van der Waals surface area contributed by atoms with E-state index >= 15 is 0 Å². The minimum Gasteiger partial charge on any atom is -0.378 e. The normalized spacial score (nSPS) is 11.8. The van der Waals surface area contributed by atoms with Gasteiger partial charge in [0.15, 0.2) is 0 Å². The van der Waals surface area contributed by atoms with Crippen LogP contribution in [-0.2, 0) is 6.42 Å². The Bertz CT molecular complexity index is 637. The molecule has 2 rings (SSSR count). The molecule has 4 heteroatoms. The number of rotatable bonds is 4.